The second-order valence-corrected chi connectivity index (χ2v) is 4.52. The van der Waals surface area contributed by atoms with Crippen molar-refractivity contribution in [2.24, 2.45) is 5.92 Å². The fourth-order valence-corrected chi connectivity index (χ4v) is 2.26. The van der Waals surface area contributed by atoms with E-state index in [1.54, 1.807) is 0 Å². The molecule has 1 heterocycles. The number of hydrogen-bond donors (Lipinski definition) is 0. The van der Waals surface area contributed by atoms with E-state index in [-0.39, 0.29) is 6.04 Å². The summed E-state index contributed by atoms with van der Waals surface area (Å²) in [6.45, 7) is 5.24. The highest BCUT2D eigenvalue weighted by atomic mass is 16.1. The minimum atomic E-state index is 0.144. The first-order valence-electron chi connectivity index (χ1n) is 5.49. The number of aldehydes is 1. The third-order valence-electron chi connectivity index (χ3n) is 3.06. The third-order valence-corrected chi connectivity index (χ3v) is 3.06. The van der Waals surface area contributed by atoms with Crippen molar-refractivity contribution in [2.45, 2.75) is 32.5 Å². The van der Waals surface area contributed by atoms with Gasteiger partial charge in [-0.25, -0.2) is 0 Å². The van der Waals surface area contributed by atoms with Crippen molar-refractivity contribution in [3.63, 3.8) is 0 Å². The van der Waals surface area contributed by atoms with Crippen LogP contribution in [0.3, 0.4) is 0 Å². The number of benzene rings is 1. The zero-order valence-electron chi connectivity index (χ0n) is 9.26. The highest BCUT2D eigenvalue weighted by molar-refractivity contribution is 5.64. The molecular formula is C13H17NO. The molecule has 1 aliphatic rings. The molecule has 15 heavy (non-hydrogen) atoms. The molecule has 0 radical (unpaired) electrons. The van der Waals surface area contributed by atoms with Gasteiger partial charge in [-0.15, -0.1) is 0 Å². The molecule has 1 aromatic rings. The molecule has 1 unspecified atom stereocenters. The molecule has 0 N–H and O–H groups in total. The van der Waals surface area contributed by atoms with E-state index < -0.39 is 0 Å². The van der Waals surface area contributed by atoms with Gasteiger partial charge >= 0.3 is 0 Å². The van der Waals surface area contributed by atoms with E-state index in [0.717, 1.165) is 12.8 Å². The van der Waals surface area contributed by atoms with Crippen LogP contribution in [0.4, 0.5) is 0 Å². The lowest BCUT2D eigenvalue weighted by molar-refractivity contribution is -0.108. The number of carbonyl (C=O) groups is 1. The summed E-state index contributed by atoms with van der Waals surface area (Å²) in [6.07, 6.45) is 1.08. The van der Waals surface area contributed by atoms with Gasteiger partial charge in [0, 0.05) is 12.6 Å². The van der Waals surface area contributed by atoms with Crippen molar-refractivity contribution in [1.29, 1.82) is 0 Å². The van der Waals surface area contributed by atoms with Crippen LogP contribution in [0.15, 0.2) is 30.3 Å². The smallest absolute Gasteiger partial charge is 0.138 e. The van der Waals surface area contributed by atoms with E-state index in [2.05, 4.69) is 30.9 Å². The van der Waals surface area contributed by atoms with E-state index in [1.807, 2.05) is 18.2 Å². The zero-order chi connectivity index (χ0) is 10.8. The van der Waals surface area contributed by atoms with Crippen molar-refractivity contribution in [3.05, 3.63) is 35.9 Å². The van der Waals surface area contributed by atoms with Crippen LogP contribution in [0.5, 0.6) is 0 Å². The van der Waals surface area contributed by atoms with Gasteiger partial charge in [-0.1, -0.05) is 44.2 Å². The number of nitrogens with zero attached hydrogens (tertiary/aromatic N) is 1. The Hall–Kier alpha value is -1.15. The topological polar surface area (TPSA) is 20.1 Å². The van der Waals surface area contributed by atoms with E-state index in [0.29, 0.717) is 12.0 Å². The molecule has 1 fully saturated rings. The van der Waals surface area contributed by atoms with Crippen LogP contribution >= 0.6 is 0 Å². The van der Waals surface area contributed by atoms with Crippen LogP contribution in [-0.2, 0) is 11.3 Å². The Morgan fingerprint density at radius 2 is 2.00 bits per heavy atom. The molecule has 0 saturated carbocycles. The first-order valence-corrected chi connectivity index (χ1v) is 5.49. The maximum absolute atomic E-state index is 10.8. The molecule has 3 atom stereocenters. The average Bonchev–Trinajstić information content (AvgIpc) is 2.93. The van der Waals surface area contributed by atoms with E-state index >= 15 is 0 Å². The summed E-state index contributed by atoms with van der Waals surface area (Å²) in [7, 11) is 0. The van der Waals surface area contributed by atoms with E-state index in [4.69, 9.17) is 0 Å². The van der Waals surface area contributed by atoms with Gasteiger partial charge in [0.25, 0.3) is 0 Å². The molecule has 1 saturated heterocycles. The number of hydrogen-bond acceptors (Lipinski definition) is 2. The van der Waals surface area contributed by atoms with Gasteiger partial charge in [0.2, 0.25) is 0 Å². The van der Waals surface area contributed by atoms with Gasteiger partial charge in [-0.3, -0.25) is 4.90 Å². The van der Waals surface area contributed by atoms with Gasteiger partial charge in [-0.2, -0.15) is 0 Å². The third kappa shape index (κ3) is 2.10. The van der Waals surface area contributed by atoms with Crippen LogP contribution in [0.1, 0.15) is 19.4 Å². The maximum atomic E-state index is 10.8. The lowest BCUT2D eigenvalue weighted by Crippen LogP contribution is -2.07. The fourth-order valence-electron chi connectivity index (χ4n) is 2.26. The molecule has 80 valence electrons. The molecule has 2 rings (SSSR count). The molecule has 0 amide bonds. The molecule has 1 aromatic carbocycles. The summed E-state index contributed by atoms with van der Waals surface area (Å²) >= 11 is 0. The largest absolute Gasteiger partial charge is 0.302 e. The summed E-state index contributed by atoms with van der Waals surface area (Å²) in [4.78, 5) is 13.1. The van der Waals surface area contributed by atoms with E-state index in [1.165, 1.54) is 5.56 Å². The Kier molecular flexibility index (Phi) is 2.87. The molecule has 1 aliphatic heterocycles. The number of rotatable bonds is 4. The van der Waals surface area contributed by atoms with Gasteiger partial charge in [0.1, 0.15) is 6.29 Å². The van der Waals surface area contributed by atoms with Crippen LogP contribution in [0, 0.1) is 5.92 Å². The SMILES string of the molecule is CC(C)[C@H]1[C@@H](C=O)N1Cc1ccccc1. The summed E-state index contributed by atoms with van der Waals surface area (Å²) in [5, 5.41) is 0. The Bertz CT molecular complexity index is 334. The first-order chi connectivity index (χ1) is 7.24. The molecule has 0 bridgehead atoms. The zero-order valence-corrected chi connectivity index (χ0v) is 9.26. The van der Waals surface area contributed by atoms with Crippen LogP contribution in [-0.4, -0.2) is 23.3 Å². The second kappa shape index (κ2) is 4.15. The molecule has 0 aromatic heterocycles. The predicted octanol–water partition coefficient (Wildman–Crippen LogP) is 2.09. The Labute approximate surface area is 90.9 Å². The standard InChI is InChI=1S/C13H17NO/c1-10(2)13-12(9-15)14(13)8-11-6-4-3-5-7-11/h3-7,9-10,12-13H,8H2,1-2H3/t12-,13+,14?/m1/s1. The summed E-state index contributed by atoms with van der Waals surface area (Å²) in [6, 6.07) is 10.9. The molecule has 0 aliphatic carbocycles. The first kappa shape index (κ1) is 10.4. The monoisotopic (exact) mass is 203 g/mol. The van der Waals surface area contributed by atoms with Crippen molar-refractivity contribution in [1.82, 2.24) is 4.90 Å². The van der Waals surface area contributed by atoms with Crippen molar-refractivity contribution in [2.75, 3.05) is 0 Å². The molecule has 2 nitrogen and oxygen atoms in total. The van der Waals surface area contributed by atoms with Crippen molar-refractivity contribution < 1.29 is 4.79 Å². The molecular weight excluding hydrogens is 186 g/mol. The highest BCUT2D eigenvalue weighted by Crippen LogP contribution is 2.34. The van der Waals surface area contributed by atoms with E-state index in [9.17, 15) is 4.79 Å². The lowest BCUT2D eigenvalue weighted by atomic mass is 10.1. The number of carbonyl (C=O) groups excluding carboxylic acids is 1. The Balaban J connectivity index is 2.00. The normalized spacial score (nSPS) is 29.1. The minimum absolute atomic E-state index is 0.144. The predicted molar refractivity (Wildman–Crippen MR) is 60.5 cm³/mol. The summed E-state index contributed by atoms with van der Waals surface area (Å²) < 4.78 is 0. The summed E-state index contributed by atoms with van der Waals surface area (Å²) in [5.41, 5.74) is 1.28. The molecule has 2 heteroatoms. The van der Waals surface area contributed by atoms with Crippen LogP contribution in [0.2, 0.25) is 0 Å². The van der Waals surface area contributed by atoms with Crippen molar-refractivity contribution in [3.8, 4) is 0 Å². The van der Waals surface area contributed by atoms with Crippen molar-refractivity contribution >= 4 is 6.29 Å². The fraction of sp³-hybridized carbons (Fsp3) is 0.462. The van der Waals surface area contributed by atoms with Crippen LogP contribution < -0.4 is 0 Å². The minimum Gasteiger partial charge on any atom is -0.302 e. The van der Waals surface area contributed by atoms with Crippen LogP contribution in [0.25, 0.3) is 0 Å². The van der Waals surface area contributed by atoms with Gasteiger partial charge < -0.3 is 4.79 Å². The Morgan fingerprint density at radius 3 is 2.47 bits per heavy atom. The summed E-state index contributed by atoms with van der Waals surface area (Å²) in [5.74, 6) is 0.559. The second-order valence-electron chi connectivity index (χ2n) is 4.52. The van der Waals surface area contributed by atoms with Gasteiger partial charge in [0.05, 0.1) is 6.04 Å². The van der Waals surface area contributed by atoms with Gasteiger partial charge in [-0.05, 0) is 11.5 Å². The quantitative estimate of drug-likeness (QED) is 0.551. The highest BCUT2D eigenvalue weighted by Gasteiger charge is 2.48. The Morgan fingerprint density at radius 1 is 1.33 bits per heavy atom. The lowest BCUT2D eigenvalue weighted by Gasteiger charge is -2.05. The maximum Gasteiger partial charge on any atom is 0.138 e. The molecule has 0 spiro atoms. The average molecular weight is 203 g/mol. The van der Waals surface area contributed by atoms with Gasteiger partial charge in [0.15, 0.2) is 0 Å².